The van der Waals surface area contributed by atoms with Crippen molar-refractivity contribution in [3.05, 3.63) is 29.1 Å². The Morgan fingerprint density at radius 2 is 1.77 bits per heavy atom. The van der Waals surface area contributed by atoms with Crippen LogP contribution in [0.5, 0.6) is 5.75 Å². The lowest BCUT2D eigenvalue weighted by Crippen LogP contribution is -2.36. The van der Waals surface area contributed by atoms with E-state index in [0.29, 0.717) is 24.9 Å². The second-order valence-electron chi connectivity index (χ2n) is 8.64. The van der Waals surface area contributed by atoms with Crippen LogP contribution in [0.15, 0.2) is 12.1 Å². The van der Waals surface area contributed by atoms with Crippen LogP contribution >= 0.6 is 0 Å². The number of rotatable bonds is 6. The van der Waals surface area contributed by atoms with Crippen molar-refractivity contribution in [2.45, 2.75) is 71.1 Å². The van der Waals surface area contributed by atoms with Crippen LogP contribution in [0, 0.1) is 30.5 Å². The molecular formula is C23H30F4O3. The lowest BCUT2D eigenvalue weighted by molar-refractivity contribution is -0.141. The summed E-state index contributed by atoms with van der Waals surface area (Å²) in [6.07, 6.45) is 0.907. The first-order valence-electron chi connectivity index (χ1n) is 10.8. The molecule has 0 radical (unpaired) electrons. The number of carbonyl (C=O) groups excluding carboxylic acids is 1. The molecule has 0 spiro atoms. The van der Waals surface area contributed by atoms with E-state index in [9.17, 15) is 22.4 Å². The van der Waals surface area contributed by atoms with Crippen LogP contribution in [0.2, 0.25) is 0 Å². The maximum atomic E-state index is 14.0. The van der Waals surface area contributed by atoms with Gasteiger partial charge in [0.2, 0.25) is 0 Å². The first-order chi connectivity index (χ1) is 14.2. The predicted octanol–water partition coefficient (Wildman–Crippen LogP) is 6.11. The van der Waals surface area contributed by atoms with Crippen molar-refractivity contribution in [3.8, 4) is 5.75 Å². The van der Waals surface area contributed by atoms with Gasteiger partial charge in [0, 0.05) is 6.42 Å². The Kier molecular flexibility index (Phi) is 7.43. The zero-order valence-corrected chi connectivity index (χ0v) is 17.6. The number of ketones is 1. The lowest BCUT2D eigenvalue weighted by atomic mass is 9.74. The molecule has 2 fully saturated rings. The van der Waals surface area contributed by atoms with Gasteiger partial charge in [-0.15, -0.1) is 0 Å². The maximum Gasteiger partial charge on any atom is 0.422 e. The Bertz CT molecular complexity index is 731. The number of hydrogen-bond donors (Lipinski definition) is 0. The molecule has 30 heavy (non-hydrogen) atoms. The molecule has 1 aromatic carbocycles. The van der Waals surface area contributed by atoms with Gasteiger partial charge < -0.3 is 9.47 Å². The van der Waals surface area contributed by atoms with Gasteiger partial charge in [-0.2, -0.15) is 13.2 Å². The van der Waals surface area contributed by atoms with E-state index in [1.807, 2.05) is 6.92 Å². The monoisotopic (exact) mass is 430 g/mol. The van der Waals surface area contributed by atoms with Crippen LogP contribution in [-0.4, -0.2) is 25.1 Å². The van der Waals surface area contributed by atoms with Crippen molar-refractivity contribution in [2.75, 3.05) is 13.2 Å². The van der Waals surface area contributed by atoms with Crippen molar-refractivity contribution < 1.29 is 31.8 Å². The quantitative estimate of drug-likeness (QED) is 0.511. The third kappa shape index (κ3) is 5.34. The average molecular weight is 430 g/mol. The molecule has 1 aliphatic carbocycles. The number of halogens is 4. The minimum absolute atomic E-state index is 0.0484. The number of aryl methyl sites for hydroxylation is 1. The number of alkyl halides is 3. The molecule has 3 rings (SSSR count). The Morgan fingerprint density at radius 3 is 2.33 bits per heavy atom. The Morgan fingerprint density at radius 1 is 1.10 bits per heavy atom. The highest BCUT2D eigenvalue weighted by Gasteiger charge is 2.39. The lowest BCUT2D eigenvalue weighted by Gasteiger charge is -2.37. The maximum absolute atomic E-state index is 14.0. The molecule has 1 heterocycles. The van der Waals surface area contributed by atoms with Crippen LogP contribution in [0.4, 0.5) is 17.6 Å². The molecule has 3 nitrogen and oxygen atoms in total. The van der Waals surface area contributed by atoms with E-state index in [1.54, 1.807) is 0 Å². The van der Waals surface area contributed by atoms with Gasteiger partial charge in [0.25, 0.3) is 0 Å². The van der Waals surface area contributed by atoms with Gasteiger partial charge in [-0.3, -0.25) is 4.79 Å². The molecule has 0 aromatic heterocycles. The average Bonchev–Trinajstić information content (AvgIpc) is 2.73. The van der Waals surface area contributed by atoms with Crippen molar-refractivity contribution in [2.24, 2.45) is 17.8 Å². The molecule has 0 bridgehead atoms. The van der Waals surface area contributed by atoms with Gasteiger partial charge in [0.15, 0.2) is 5.78 Å². The molecule has 1 aliphatic heterocycles. The van der Waals surface area contributed by atoms with Crippen molar-refractivity contribution in [3.63, 3.8) is 0 Å². The van der Waals surface area contributed by atoms with Gasteiger partial charge in [-0.1, -0.05) is 13.0 Å². The Hall–Kier alpha value is -1.63. The fraction of sp³-hybridized carbons (Fsp3) is 0.696. The molecule has 7 heteroatoms. The predicted molar refractivity (Wildman–Crippen MR) is 105 cm³/mol. The summed E-state index contributed by atoms with van der Waals surface area (Å²) in [7, 11) is 0. The van der Waals surface area contributed by atoms with Gasteiger partial charge in [0.1, 0.15) is 23.2 Å². The minimum Gasteiger partial charge on any atom is -0.493 e. The summed E-state index contributed by atoms with van der Waals surface area (Å²) < 4.78 is 65.1. The number of hydrogen-bond acceptors (Lipinski definition) is 3. The van der Waals surface area contributed by atoms with Crippen LogP contribution < -0.4 is 4.74 Å². The number of ether oxygens (including phenoxy) is 2. The largest absolute Gasteiger partial charge is 0.493 e. The molecule has 2 unspecified atom stereocenters. The topological polar surface area (TPSA) is 35.5 Å². The fourth-order valence-electron chi connectivity index (χ4n) is 4.71. The SMILES string of the molecule is CCC(=O)C1CCC(C2CCC(COc3ccc(C)c(F)c3C(F)(F)F)CC2)CO1. The van der Waals surface area contributed by atoms with Crippen LogP contribution in [0.1, 0.15) is 63.0 Å². The molecular weight excluding hydrogens is 400 g/mol. The van der Waals surface area contributed by atoms with Crippen molar-refractivity contribution in [1.29, 1.82) is 0 Å². The van der Waals surface area contributed by atoms with E-state index in [0.717, 1.165) is 38.5 Å². The number of benzene rings is 1. The van der Waals surface area contributed by atoms with E-state index < -0.39 is 23.3 Å². The Labute approximate surface area is 175 Å². The normalized spacial score (nSPS) is 27.7. The minimum atomic E-state index is -4.79. The standard InChI is InChI=1S/C23H30F4O3/c1-3-18(28)19-11-9-17(13-30-19)16-7-5-15(6-8-16)12-29-20-10-4-14(2)22(24)21(20)23(25,26)27/h4,10,15-17,19H,3,5-9,11-13H2,1-2H3. The van der Waals surface area contributed by atoms with E-state index >= 15 is 0 Å². The summed E-state index contributed by atoms with van der Waals surface area (Å²) in [6.45, 7) is 3.93. The van der Waals surface area contributed by atoms with Gasteiger partial charge in [-0.05, 0) is 74.8 Å². The molecule has 2 aliphatic rings. The number of Topliss-reactive ketones (excluding diaryl/α,β-unsaturated/α-hetero) is 1. The van der Waals surface area contributed by atoms with Gasteiger partial charge in [0.05, 0.1) is 13.2 Å². The zero-order chi connectivity index (χ0) is 21.9. The molecule has 1 saturated carbocycles. The smallest absolute Gasteiger partial charge is 0.422 e. The zero-order valence-electron chi connectivity index (χ0n) is 17.6. The summed E-state index contributed by atoms with van der Waals surface area (Å²) in [6, 6.07) is 2.52. The third-order valence-corrected chi connectivity index (χ3v) is 6.63. The van der Waals surface area contributed by atoms with Crippen molar-refractivity contribution >= 4 is 5.78 Å². The fourth-order valence-corrected chi connectivity index (χ4v) is 4.71. The van der Waals surface area contributed by atoms with E-state index in [2.05, 4.69) is 0 Å². The molecule has 0 amide bonds. The van der Waals surface area contributed by atoms with Gasteiger partial charge >= 0.3 is 6.18 Å². The van der Waals surface area contributed by atoms with Crippen LogP contribution in [0.25, 0.3) is 0 Å². The summed E-state index contributed by atoms with van der Waals surface area (Å²) in [4.78, 5) is 11.8. The highest BCUT2D eigenvalue weighted by Crippen LogP contribution is 2.41. The highest BCUT2D eigenvalue weighted by molar-refractivity contribution is 5.82. The molecule has 2 atom stereocenters. The second kappa shape index (κ2) is 9.67. The summed E-state index contributed by atoms with van der Waals surface area (Å²) in [5.41, 5.74) is -1.36. The van der Waals surface area contributed by atoms with E-state index in [-0.39, 0.29) is 30.0 Å². The van der Waals surface area contributed by atoms with Crippen LogP contribution in [-0.2, 0) is 15.7 Å². The van der Waals surface area contributed by atoms with Crippen LogP contribution in [0.3, 0.4) is 0 Å². The Balaban J connectivity index is 1.50. The first-order valence-corrected chi connectivity index (χ1v) is 10.8. The molecule has 1 saturated heterocycles. The third-order valence-electron chi connectivity index (χ3n) is 6.63. The summed E-state index contributed by atoms with van der Waals surface area (Å²) in [5.74, 6) is -0.413. The number of carbonyl (C=O) groups is 1. The highest BCUT2D eigenvalue weighted by atomic mass is 19.4. The molecule has 168 valence electrons. The molecule has 0 N–H and O–H groups in total. The van der Waals surface area contributed by atoms with E-state index in [4.69, 9.17) is 9.47 Å². The van der Waals surface area contributed by atoms with E-state index in [1.165, 1.54) is 19.1 Å². The van der Waals surface area contributed by atoms with Crippen molar-refractivity contribution in [1.82, 2.24) is 0 Å². The first kappa shape index (κ1) is 23.0. The van der Waals surface area contributed by atoms with Gasteiger partial charge in [-0.25, -0.2) is 4.39 Å². The summed E-state index contributed by atoms with van der Waals surface area (Å²) in [5, 5.41) is 0. The summed E-state index contributed by atoms with van der Waals surface area (Å²) >= 11 is 0. The molecule has 1 aromatic rings. The second-order valence-corrected chi connectivity index (χ2v) is 8.64.